The number of halogens is 4. The average molecular weight is 515 g/mol. The Morgan fingerprint density at radius 3 is 2.47 bits per heavy atom. The number of nitrogens with one attached hydrogen (secondary N) is 1. The van der Waals surface area contributed by atoms with Crippen molar-refractivity contribution in [3.63, 3.8) is 0 Å². The van der Waals surface area contributed by atoms with Crippen LogP contribution in [0.5, 0.6) is 5.75 Å². The number of carbonyl (C=O) groups is 1. The quantitative estimate of drug-likeness (QED) is 0.298. The number of aromatic nitrogens is 1. The third-order valence-electron chi connectivity index (χ3n) is 6.08. The number of hydrogen-bond acceptors (Lipinski definition) is 4. The molecule has 0 saturated heterocycles. The van der Waals surface area contributed by atoms with Crippen LogP contribution in [-0.2, 0) is 5.41 Å². The lowest BCUT2D eigenvalue weighted by Crippen LogP contribution is -2.33. The third-order valence-corrected chi connectivity index (χ3v) is 7.28. The standard InChI is InChI=1S/C27H22F4N2O2S/c1-27(2,3)22-23-24(21(18(31)12-32-23)13-8-15(29)10-16(30)9-13)36-25(22)26(34)33-19-6-7-35-20-5-4-14(28)11-17(19)20/h4-5,8-12,19H,6-7H2,1-3H3,(H,33,34)/t19-/m0/s1. The molecule has 1 amide bonds. The van der Waals surface area contributed by atoms with Gasteiger partial charge in [0.1, 0.15) is 23.2 Å². The summed E-state index contributed by atoms with van der Waals surface area (Å²) in [5.41, 5.74) is 0.932. The van der Waals surface area contributed by atoms with Gasteiger partial charge in [-0.3, -0.25) is 9.78 Å². The zero-order valence-corrected chi connectivity index (χ0v) is 20.5. The van der Waals surface area contributed by atoms with E-state index in [0.29, 0.717) is 51.1 Å². The minimum atomic E-state index is -0.842. The van der Waals surface area contributed by atoms with Crippen molar-refractivity contribution in [1.82, 2.24) is 10.3 Å². The van der Waals surface area contributed by atoms with Crippen LogP contribution < -0.4 is 10.1 Å². The van der Waals surface area contributed by atoms with E-state index in [2.05, 4.69) is 10.3 Å². The van der Waals surface area contributed by atoms with E-state index in [1.807, 2.05) is 20.8 Å². The predicted molar refractivity (Wildman–Crippen MR) is 130 cm³/mol. The highest BCUT2D eigenvalue weighted by molar-refractivity contribution is 7.21. The van der Waals surface area contributed by atoms with Gasteiger partial charge < -0.3 is 10.1 Å². The van der Waals surface area contributed by atoms with Crippen LogP contribution in [0.25, 0.3) is 21.3 Å². The maximum absolute atomic E-state index is 15.0. The van der Waals surface area contributed by atoms with Crippen molar-refractivity contribution in [3.05, 3.63) is 81.9 Å². The Bertz CT molecular complexity index is 1490. The molecule has 36 heavy (non-hydrogen) atoms. The molecule has 4 nitrogen and oxygen atoms in total. The second-order valence-electron chi connectivity index (χ2n) is 9.72. The van der Waals surface area contributed by atoms with Gasteiger partial charge in [0, 0.05) is 29.2 Å². The maximum atomic E-state index is 15.0. The molecule has 1 aliphatic heterocycles. The molecule has 0 saturated carbocycles. The summed E-state index contributed by atoms with van der Waals surface area (Å²) in [5.74, 6) is -2.81. The van der Waals surface area contributed by atoms with Crippen LogP contribution in [0.3, 0.4) is 0 Å². The maximum Gasteiger partial charge on any atom is 0.262 e. The fourth-order valence-electron chi connectivity index (χ4n) is 4.57. The molecule has 1 atom stereocenters. The summed E-state index contributed by atoms with van der Waals surface area (Å²) in [6.45, 7) is 6.05. The zero-order valence-electron chi connectivity index (χ0n) is 19.7. The first kappa shape index (κ1) is 24.2. The van der Waals surface area contributed by atoms with Gasteiger partial charge in [0.05, 0.1) is 33.9 Å². The van der Waals surface area contributed by atoms with E-state index in [-0.39, 0.29) is 11.1 Å². The molecule has 0 aliphatic carbocycles. The van der Waals surface area contributed by atoms with Crippen LogP contribution in [0.1, 0.15) is 54.0 Å². The summed E-state index contributed by atoms with van der Waals surface area (Å²) in [6, 6.07) is 6.47. The van der Waals surface area contributed by atoms with E-state index in [1.54, 1.807) is 0 Å². The third kappa shape index (κ3) is 4.32. The van der Waals surface area contributed by atoms with Crippen molar-refractivity contribution in [2.75, 3.05) is 6.61 Å². The minimum absolute atomic E-state index is 0.0138. The number of rotatable bonds is 3. The van der Waals surface area contributed by atoms with Crippen molar-refractivity contribution in [2.45, 2.75) is 38.6 Å². The Kier molecular flexibility index (Phi) is 5.98. The number of pyridine rings is 1. The van der Waals surface area contributed by atoms with Crippen molar-refractivity contribution in [1.29, 1.82) is 0 Å². The summed E-state index contributed by atoms with van der Waals surface area (Å²) in [4.78, 5) is 18.2. The largest absolute Gasteiger partial charge is 0.493 e. The smallest absolute Gasteiger partial charge is 0.262 e. The van der Waals surface area contributed by atoms with Gasteiger partial charge >= 0.3 is 0 Å². The van der Waals surface area contributed by atoms with Crippen molar-refractivity contribution in [2.24, 2.45) is 0 Å². The van der Waals surface area contributed by atoms with Crippen LogP contribution in [0.4, 0.5) is 17.6 Å². The van der Waals surface area contributed by atoms with Gasteiger partial charge in [0.2, 0.25) is 0 Å². The number of benzene rings is 2. The first-order chi connectivity index (χ1) is 17.0. The molecular weight excluding hydrogens is 492 g/mol. The van der Waals surface area contributed by atoms with E-state index < -0.39 is 40.6 Å². The lowest BCUT2D eigenvalue weighted by molar-refractivity contribution is 0.0926. The summed E-state index contributed by atoms with van der Waals surface area (Å²) in [5, 5.41) is 2.97. The summed E-state index contributed by atoms with van der Waals surface area (Å²) >= 11 is 1.01. The van der Waals surface area contributed by atoms with E-state index in [1.165, 1.54) is 18.2 Å². The van der Waals surface area contributed by atoms with Gasteiger partial charge in [-0.2, -0.15) is 0 Å². The highest BCUT2D eigenvalue weighted by Gasteiger charge is 2.32. The molecule has 4 aromatic rings. The molecule has 0 radical (unpaired) electrons. The fraction of sp³-hybridized carbons (Fsp3) is 0.259. The highest BCUT2D eigenvalue weighted by atomic mass is 32.1. The zero-order chi connectivity index (χ0) is 25.8. The molecule has 5 rings (SSSR count). The summed E-state index contributed by atoms with van der Waals surface area (Å²) in [7, 11) is 0. The number of carbonyl (C=O) groups excluding carboxylic acids is 1. The van der Waals surface area contributed by atoms with Gasteiger partial charge in [0.25, 0.3) is 5.91 Å². The molecule has 0 spiro atoms. The number of hydrogen-bond donors (Lipinski definition) is 1. The SMILES string of the molecule is CC(C)(C)c1c(C(=O)N[C@H]2CCOc3ccc(F)cc32)sc2c(-c3cc(F)cc(F)c3)c(F)cnc12. The number of nitrogens with zero attached hydrogens (tertiary/aromatic N) is 1. The Balaban J connectivity index is 1.65. The first-order valence-corrected chi connectivity index (χ1v) is 12.2. The monoisotopic (exact) mass is 514 g/mol. The molecular formula is C27H22F4N2O2S. The number of ether oxygens (including phenoxy) is 1. The lowest BCUT2D eigenvalue weighted by atomic mass is 9.85. The van der Waals surface area contributed by atoms with Crippen molar-refractivity contribution >= 4 is 27.5 Å². The minimum Gasteiger partial charge on any atom is -0.493 e. The molecule has 0 unspecified atom stereocenters. The van der Waals surface area contributed by atoms with Crippen LogP contribution in [0, 0.1) is 23.3 Å². The van der Waals surface area contributed by atoms with Crippen LogP contribution in [0.2, 0.25) is 0 Å². The number of fused-ring (bicyclic) bond motifs is 2. The lowest BCUT2D eigenvalue weighted by Gasteiger charge is -2.27. The predicted octanol–water partition coefficient (Wildman–Crippen LogP) is 7.07. The average Bonchev–Trinajstić information content (AvgIpc) is 3.19. The molecule has 0 bridgehead atoms. The van der Waals surface area contributed by atoms with Crippen LogP contribution in [-0.4, -0.2) is 17.5 Å². The van der Waals surface area contributed by atoms with Gasteiger partial charge in [-0.15, -0.1) is 11.3 Å². The molecule has 9 heteroatoms. The van der Waals surface area contributed by atoms with Gasteiger partial charge in [0.15, 0.2) is 5.82 Å². The fourth-order valence-corrected chi connectivity index (χ4v) is 6.00. The molecule has 1 N–H and O–H groups in total. The molecule has 186 valence electrons. The summed E-state index contributed by atoms with van der Waals surface area (Å²) in [6.07, 6.45) is 1.44. The van der Waals surface area contributed by atoms with Gasteiger partial charge in [-0.25, -0.2) is 17.6 Å². The van der Waals surface area contributed by atoms with Crippen LogP contribution >= 0.6 is 11.3 Å². The molecule has 2 aromatic carbocycles. The topological polar surface area (TPSA) is 51.2 Å². The number of amides is 1. The van der Waals surface area contributed by atoms with E-state index >= 15 is 4.39 Å². The Morgan fingerprint density at radius 2 is 1.78 bits per heavy atom. The van der Waals surface area contributed by atoms with E-state index in [0.717, 1.165) is 29.7 Å². The normalized spacial score (nSPS) is 15.5. The first-order valence-electron chi connectivity index (χ1n) is 11.3. The van der Waals surface area contributed by atoms with Gasteiger partial charge in [-0.1, -0.05) is 20.8 Å². The molecule has 3 heterocycles. The molecule has 1 aliphatic rings. The molecule has 0 fully saturated rings. The van der Waals surface area contributed by atoms with Crippen molar-refractivity contribution < 1.29 is 27.1 Å². The Morgan fingerprint density at radius 1 is 1.06 bits per heavy atom. The second-order valence-corrected chi connectivity index (χ2v) is 10.7. The highest BCUT2D eigenvalue weighted by Crippen LogP contribution is 2.44. The van der Waals surface area contributed by atoms with Crippen molar-refractivity contribution in [3.8, 4) is 16.9 Å². The van der Waals surface area contributed by atoms with E-state index in [4.69, 9.17) is 4.74 Å². The number of thiophene rings is 1. The second kappa shape index (κ2) is 8.89. The summed E-state index contributed by atoms with van der Waals surface area (Å²) < 4.78 is 62.8. The Labute approximate surface area is 208 Å². The molecule has 2 aromatic heterocycles. The Hall–Kier alpha value is -3.46. The van der Waals surface area contributed by atoms with Crippen LogP contribution in [0.15, 0.2) is 42.6 Å². The van der Waals surface area contributed by atoms with E-state index in [9.17, 15) is 18.0 Å². The van der Waals surface area contributed by atoms with Gasteiger partial charge in [-0.05, 0) is 41.3 Å².